The highest BCUT2D eigenvalue weighted by Gasteiger charge is 2.62. The first-order valence-electron chi connectivity index (χ1n) is 9.22. The second kappa shape index (κ2) is 6.31. The number of nitrogens with zero attached hydrogens (tertiary/aromatic N) is 2. The van der Waals surface area contributed by atoms with Crippen LogP contribution in [0.1, 0.15) is 31.7 Å². The Morgan fingerprint density at radius 1 is 1.26 bits per heavy atom. The van der Waals surface area contributed by atoms with Gasteiger partial charge in [0.05, 0.1) is 12.8 Å². The molecule has 0 spiro atoms. The molecule has 3 aliphatic rings. The summed E-state index contributed by atoms with van der Waals surface area (Å²) in [5.41, 5.74) is 1.82. The van der Waals surface area contributed by atoms with Crippen LogP contribution < -0.4 is 4.90 Å². The monoisotopic (exact) mass is 392 g/mol. The molecule has 3 fully saturated rings. The zero-order chi connectivity index (χ0) is 19.4. The van der Waals surface area contributed by atoms with Crippen LogP contribution in [0.25, 0.3) is 0 Å². The lowest BCUT2D eigenvalue weighted by Gasteiger charge is -2.20. The molecule has 7 nitrogen and oxygen atoms in total. The Morgan fingerprint density at radius 2 is 1.96 bits per heavy atom. The number of sulfonamides is 1. The SMILES string of the molecule is CC(=O)CC[C@H]1CN(c2ccc(C34CC3CN(S(C)(=O)=O)C4)cc2)C(=O)O1. The van der Waals surface area contributed by atoms with Crippen LogP contribution >= 0.6 is 0 Å². The van der Waals surface area contributed by atoms with Gasteiger partial charge in [0.2, 0.25) is 10.0 Å². The average Bonchev–Trinajstić information content (AvgIpc) is 2.97. The van der Waals surface area contributed by atoms with E-state index in [4.69, 9.17) is 4.74 Å². The molecule has 2 heterocycles. The van der Waals surface area contributed by atoms with Crippen molar-refractivity contribution in [3.63, 3.8) is 0 Å². The van der Waals surface area contributed by atoms with Crippen molar-refractivity contribution in [2.75, 3.05) is 30.8 Å². The van der Waals surface area contributed by atoms with E-state index in [1.54, 1.807) is 9.21 Å². The van der Waals surface area contributed by atoms with Gasteiger partial charge in [0.15, 0.2) is 0 Å². The van der Waals surface area contributed by atoms with E-state index in [0.29, 0.717) is 38.4 Å². The molecule has 0 radical (unpaired) electrons. The lowest BCUT2D eigenvalue weighted by Crippen LogP contribution is -2.31. The smallest absolute Gasteiger partial charge is 0.414 e. The second-order valence-electron chi connectivity index (χ2n) is 8.02. The number of ether oxygens (including phenoxy) is 1. The van der Waals surface area contributed by atoms with E-state index in [1.807, 2.05) is 24.3 Å². The molecule has 1 aliphatic carbocycles. The Morgan fingerprint density at radius 3 is 2.56 bits per heavy atom. The Balaban J connectivity index is 1.45. The van der Waals surface area contributed by atoms with E-state index in [-0.39, 0.29) is 23.4 Å². The van der Waals surface area contributed by atoms with Gasteiger partial charge < -0.3 is 9.53 Å². The van der Waals surface area contributed by atoms with Crippen LogP contribution in [0.5, 0.6) is 0 Å². The minimum absolute atomic E-state index is 0.0723. The van der Waals surface area contributed by atoms with Crippen LogP contribution in [0.2, 0.25) is 0 Å². The zero-order valence-electron chi connectivity index (χ0n) is 15.6. The van der Waals surface area contributed by atoms with Gasteiger partial charge in [-0.2, -0.15) is 0 Å². The summed E-state index contributed by atoms with van der Waals surface area (Å²) in [4.78, 5) is 24.9. The van der Waals surface area contributed by atoms with Crippen molar-refractivity contribution in [2.45, 2.75) is 37.7 Å². The van der Waals surface area contributed by atoms with Gasteiger partial charge in [-0.05, 0) is 43.4 Å². The Labute approximate surface area is 159 Å². The first kappa shape index (κ1) is 18.4. The Kier molecular flexibility index (Phi) is 4.31. The summed E-state index contributed by atoms with van der Waals surface area (Å²) in [5.74, 6) is 0.470. The summed E-state index contributed by atoms with van der Waals surface area (Å²) in [7, 11) is -3.16. The molecular weight excluding hydrogens is 368 g/mol. The number of carbonyl (C=O) groups is 2. The number of benzene rings is 1. The number of ketones is 1. The maximum atomic E-state index is 12.1. The minimum atomic E-state index is -3.16. The van der Waals surface area contributed by atoms with E-state index in [1.165, 1.54) is 13.2 Å². The quantitative estimate of drug-likeness (QED) is 0.738. The van der Waals surface area contributed by atoms with Gasteiger partial charge >= 0.3 is 6.09 Å². The van der Waals surface area contributed by atoms with Crippen molar-refractivity contribution < 1.29 is 22.7 Å². The largest absolute Gasteiger partial charge is 0.444 e. The highest BCUT2D eigenvalue weighted by Crippen LogP contribution is 2.59. The number of fused-ring (bicyclic) bond motifs is 1. The fourth-order valence-corrected chi connectivity index (χ4v) is 5.27. The molecule has 1 amide bonds. The summed E-state index contributed by atoms with van der Waals surface area (Å²) < 4.78 is 30.5. The second-order valence-corrected chi connectivity index (χ2v) is 10.00. The Hall–Kier alpha value is -1.93. The molecule has 1 saturated carbocycles. The molecule has 2 saturated heterocycles. The first-order chi connectivity index (χ1) is 12.7. The number of cyclic esters (lactones) is 1. The van der Waals surface area contributed by atoms with Crippen LogP contribution in [-0.2, 0) is 25.0 Å². The van der Waals surface area contributed by atoms with Gasteiger partial charge in [-0.15, -0.1) is 0 Å². The molecule has 0 bridgehead atoms. The van der Waals surface area contributed by atoms with E-state index in [2.05, 4.69) is 0 Å². The van der Waals surface area contributed by atoms with Gasteiger partial charge in [0.1, 0.15) is 11.9 Å². The molecule has 8 heteroatoms. The molecule has 3 atom stereocenters. The van der Waals surface area contributed by atoms with E-state index < -0.39 is 10.0 Å². The third-order valence-electron chi connectivity index (χ3n) is 6.03. The molecule has 27 heavy (non-hydrogen) atoms. The minimum Gasteiger partial charge on any atom is -0.444 e. The van der Waals surface area contributed by atoms with Crippen molar-refractivity contribution in [1.29, 1.82) is 0 Å². The van der Waals surface area contributed by atoms with Crippen LogP contribution in [-0.4, -0.2) is 56.6 Å². The number of rotatable bonds is 6. The van der Waals surface area contributed by atoms with Crippen LogP contribution in [0, 0.1) is 5.92 Å². The van der Waals surface area contributed by atoms with Gasteiger partial charge in [0, 0.05) is 30.6 Å². The molecule has 2 unspecified atom stereocenters. The normalized spacial score (nSPS) is 30.3. The number of hydrogen-bond acceptors (Lipinski definition) is 5. The van der Waals surface area contributed by atoms with Crippen molar-refractivity contribution in [2.24, 2.45) is 5.92 Å². The fourth-order valence-electron chi connectivity index (χ4n) is 4.36. The summed E-state index contributed by atoms with van der Waals surface area (Å²) >= 11 is 0. The predicted octanol–water partition coefficient (Wildman–Crippen LogP) is 1.91. The summed E-state index contributed by atoms with van der Waals surface area (Å²) in [6.07, 6.45) is 2.58. The summed E-state index contributed by atoms with van der Waals surface area (Å²) in [5, 5.41) is 0. The molecule has 0 N–H and O–H groups in total. The maximum Gasteiger partial charge on any atom is 0.414 e. The number of piperidine rings is 1. The molecule has 0 aromatic heterocycles. The van der Waals surface area contributed by atoms with Crippen molar-refractivity contribution in [1.82, 2.24) is 4.31 Å². The van der Waals surface area contributed by atoms with Gasteiger partial charge in [-0.1, -0.05) is 12.1 Å². The number of amides is 1. The van der Waals surface area contributed by atoms with E-state index >= 15 is 0 Å². The molecular formula is C19H24N2O5S. The maximum absolute atomic E-state index is 12.1. The number of hydrogen-bond donors (Lipinski definition) is 0. The summed E-state index contributed by atoms with van der Waals surface area (Å²) in [6, 6.07) is 7.79. The lowest BCUT2D eigenvalue weighted by atomic mass is 9.95. The first-order valence-corrected chi connectivity index (χ1v) is 11.1. The molecule has 146 valence electrons. The third kappa shape index (κ3) is 3.36. The van der Waals surface area contributed by atoms with Gasteiger partial charge in [0.25, 0.3) is 0 Å². The number of anilines is 1. The van der Waals surface area contributed by atoms with Gasteiger partial charge in [-0.25, -0.2) is 17.5 Å². The zero-order valence-corrected chi connectivity index (χ0v) is 16.4. The highest BCUT2D eigenvalue weighted by atomic mass is 32.2. The predicted molar refractivity (Wildman–Crippen MR) is 100 cm³/mol. The summed E-state index contributed by atoms with van der Waals surface area (Å²) in [6.45, 7) is 3.11. The standard InChI is InChI=1S/C19H24N2O5S/c1-13(22)3-8-17-11-21(18(23)26-17)16-6-4-14(5-7-16)19-9-15(19)10-20(12-19)27(2,24)25/h4-7,15,17H,3,8-12H2,1-2H3/t15?,17-,19?/m0/s1. The molecule has 2 aliphatic heterocycles. The average molecular weight is 392 g/mol. The third-order valence-corrected chi connectivity index (χ3v) is 7.25. The Bertz CT molecular complexity index is 882. The van der Waals surface area contributed by atoms with Crippen LogP contribution in [0.15, 0.2) is 24.3 Å². The van der Waals surface area contributed by atoms with Crippen molar-refractivity contribution in [3.8, 4) is 0 Å². The van der Waals surface area contributed by atoms with E-state index in [0.717, 1.165) is 17.7 Å². The van der Waals surface area contributed by atoms with E-state index in [9.17, 15) is 18.0 Å². The topological polar surface area (TPSA) is 84.0 Å². The molecule has 4 rings (SSSR count). The molecule has 1 aromatic carbocycles. The lowest BCUT2D eigenvalue weighted by molar-refractivity contribution is -0.117. The molecule has 1 aromatic rings. The van der Waals surface area contributed by atoms with Gasteiger partial charge in [-0.3, -0.25) is 4.90 Å². The highest BCUT2D eigenvalue weighted by molar-refractivity contribution is 7.88. The van der Waals surface area contributed by atoms with Crippen molar-refractivity contribution in [3.05, 3.63) is 29.8 Å². The van der Waals surface area contributed by atoms with Crippen molar-refractivity contribution >= 4 is 27.6 Å². The van der Waals surface area contributed by atoms with Crippen LogP contribution in [0.3, 0.4) is 0 Å². The van der Waals surface area contributed by atoms with Crippen LogP contribution in [0.4, 0.5) is 10.5 Å². The fraction of sp³-hybridized carbons (Fsp3) is 0.579. The number of carbonyl (C=O) groups excluding carboxylic acids is 2. The number of Topliss-reactive ketones (excluding diaryl/α,β-unsaturated/α-hetero) is 1.